The van der Waals surface area contributed by atoms with Crippen LogP contribution in [0.25, 0.3) is 0 Å². The molecular formula is C28H46N4O4. The molecule has 0 radical (unpaired) electrons. The van der Waals surface area contributed by atoms with Crippen LogP contribution in [0.1, 0.15) is 65.4 Å². The number of nitrogens with zero attached hydrogens (tertiary/aromatic N) is 2. The van der Waals surface area contributed by atoms with Crippen LogP contribution in [0, 0.1) is 11.8 Å². The molecule has 1 saturated carbocycles. The summed E-state index contributed by atoms with van der Waals surface area (Å²) in [6.45, 7) is 10.1. The number of rotatable bonds is 8. The molecule has 8 heteroatoms. The Morgan fingerprint density at radius 2 is 1.92 bits per heavy atom. The minimum Gasteiger partial charge on any atom is -0.488 e. The number of hydrogen-bond donors (Lipinski definition) is 3. The molecule has 1 aliphatic heterocycles. The number of nitrogens with one attached hydrogen (secondary N) is 2. The lowest BCUT2D eigenvalue weighted by Crippen LogP contribution is -2.48. The van der Waals surface area contributed by atoms with Gasteiger partial charge in [-0.3, -0.25) is 4.79 Å². The Hall–Kier alpha value is -2.32. The van der Waals surface area contributed by atoms with Gasteiger partial charge in [-0.25, -0.2) is 4.79 Å². The normalized spacial score (nSPS) is 22.3. The van der Waals surface area contributed by atoms with Crippen LogP contribution < -0.4 is 15.4 Å². The standard InChI is InChI=1S/C28H46N4O4/c1-19(2)29-28(35)30-24-11-12-25-23(13-24)14-27(34)32(21(4)18-33)15-20(3)26(36-25)17-31(5)16-22-9-7-6-8-10-22/h11-13,19-22,26,33H,6-10,14-18H2,1-5H3,(H2,29,30,35)/t20-,21+,26-/m0/s1. The van der Waals surface area contributed by atoms with Crippen molar-refractivity contribution in [1.29, 1.82) is 0 Å². The molecule has 1 fully saturated rings. The number of aliphatic hydroxyl groups is 1. The SMILES string of the molecule is CC(C)NC(=O)Nc1ccc2c(c1)CC(=O)N([C@H](C)CO)C[C@H](C)[C@H](CN(C)CC1CCCCC1)O2. The molecule has 0 unspecified atom stereocenters. The number of likely N-dealkylation sites (N-methyl/N-ethyl adjacent to an activating group) is 1. The minimum absolute atomic E-state index is 0.0177. The van der Waals surface area contributed by atoms with Crippen molar-refractivity contribution < 1.29 is 19.4 Å². The van der Waals surface area contributed by atoms with Gasteiger partial charge in [-0.05, 0) is 64.8 Å². The highest BCUT2D eigenvalue weighted by Gasteiger charge is 2.31. The Bertz CT molecular complexity index is 871. The second-order valence-corrected chi connectivity index (χ2v) is 11.2. The van der Waals surface area contributed by atoms with Crippen molar-refractivity contribution >= 4 is 17.6 Å². The first-order valence-electron chi connectivity index (χ1n) is 13.6. The van der Waals surface area contributed by atoms with Crippen LogP contribution >= 0.6 is 0 Å². The van der Waals surface area contributed by atoms with E-state index in [4.69, 9.17) is 4.74 Å². The van der Waals surface area contributed by atoms with Crippen LogP contribution in [-0.4, -0.2) is 78.3 Å². The second-order valence-electron chi connectivity index (χ2n) is 11.2. The Morgan fingerprint density at radius 1 is 1.19 bits per heavy atom. The van der Waals surface area contributed by atoms with Gasteiger partial charge in [-0.15, -0.1) is 0 Å². The highest BCUT2D eigenvalue weighted by atomic mass is 16.5. The van der Waals surface area contributed by atoms with Crippen LogP contribution in [0.5, 0.6) is 5.75 Å². The van der Waals surface area contributed by atoms with Crippen LogP contribution in [-0.2, 0) is 11.2 Å². The quantitative estimate of drug-likeness (QED) is 0.502. The number of carbonyl (C=O) groups is 2. The fourth-order valence-corrected chi connectivity index (χ4v) is 5.35. The maximum atomic E-state index is 13.3. The first-order valence-corrected chi connectivity index (χ1v) is 13.6. The molecule has 0 saturated heterocycles. The molecule has 202 valence electrons. The van der Waals surface area contributed by atoms with Gasteiger partial charge >= 0.3 is 6.03 Å². The van der Waals surface area contributed by atoms with E-state index in [0.717, 1.165) is 24.6 Å². The maximum absolute atomic E-state index is 13.3. The number of benzene rings is 1. The Labute approximate surface area is 216 Å². The lowest BCUT2D eigenvalue weighted by molar-refractivity contribution is -0.134. The topological polar surface area (TPSA) is 94.1 Å². The summed E-state index contributed by atoms with van der Waals surface area (Å²) in [5.41, 5.74) is 1.36. The summed E-state index contributed by atoms with van der Waals surface area (Å²) in [6, 6.07) is 4.96. The smallest absolute Gasteiger partial charge is 0.319 e. The van der Waals surface area contributed by atoms with E-state index in [1.165, 1.54) is 32.1 Å². The molecule has 3 amide bonds. The molecule has 0 bridgehead atoms. The molecule has 1 aromatic rings. The molecule has 3 rings (SSSR count). The third-order valence-electron chi connectivity index (χ3n) is 7.38. The van der Waals surface area contributed by atoms with Gasteiger partial charge in [-0.1, -0.05) is 26.2 Å². The molecule has 36 heavy (non-hydrogen) atoms. The molecule has 2 aliphatic rings. The van der Waals surface area contributed by atoms with E-state index in [1.807, 2.05) is 39.0 Å². The van der Waals surface area contributed by atoms with Crippen molar-refractivity contribution in [2.75, 3.05) is 38.6 Å². The summed E-state index contributed by atoms with van der Waals surface area (Å²) in [5, 5.41) is 15.5. The van der Waals surface area contributed by atoms with Gasteiger partial charge in [0, 0.05) is 42.8 Å². The molecule has 1 heterocycles. The van der Waals surface area contributed by atoms with Crippen molar-refractivity contribution in [2.45, 2.75) is 84.4 Å². The fraction of sp³-hybridized carbons (Fsp3) is 0.714. The van der Waals surface area contributed by atoms with Crippen molar-refractivity contribution in [3.8, 4) is 5.75 Å². The Kier molecular flexibility index (Phi) is 10.4. The Morgan fingerprint density at radius 3 is 2.58 bits per heavy atom. The number of urea groups is 1. The van der Waals surface area contributed by atoms with Gasteiger partial charge in [-0.2, -0.15) is 0 Å². The number of fused-ring (bicyclic) bond motifs is 1. The molecule has 3 N–H and O–H groups in total. The third-order valence-corrected chi connectivity index (χ3v) is 7.38. The van der Waals surface area contributed by atoms with Crippen molar-refractivity contribution in [3.63, 3.8) is 0 Å². The summed E-state index contributed by atoms with van der Waals surface area (Å²) in [7, 11) is 2.16. The molecule has 3 atom stereocenters. The number of aliphatic hydroxyl groups excluding tert-OH is 1. The van der Waals surface area contributed by atoms with Crippen molar-refractivity contribution in [3.05, 3.63) is 23.8 Å². The predicted octanol–water partition coefficient (Wildman–Crippen LogP) is 3.88. The summed E-state index contributed by atoms with van der Waals surface area (Å²) < 4.78 is 6.61. The zero-order chi connectivity index (χ0) is 26.2. The molecule has 8 nitrogen and oxygen atoms in total. The van der Waals surface area contributed by atoms with Gasteiger partial charge in [0.05, 0.1) is 19.1 Å². The van der Waals surface area contributed by atoms with E-state index in [2.05, 4.69) is 29.5 Å². The molecule has 1 aromatic carbocycles. The van der Waals surface area contributed by atoms with Crippen molar-refractivity contribution in [2.24, 2.45) is 11.8 Å². The number of hydrogen-bond acceptors (Lipinski definition) is 5. The van der Waals surface area contributed by atoms with Crippen LogP contribution in [0.2, 0.25) is 0 Å². The number of carbonyl (C=O) groups excluding carboxylic acids is 2. The number of ether oxygens (including phenoxy) is 1. The molecule has 1 aliphatic carbocycles. The first-order chi connectivity index (χ1) is 17.2. The largest absolute Gasteiger partial charge is 0.488 e. The third kappa shape index (κ3) is 8.10. The van der Waals surface area contributed by atoms with Crippen molar-refractivity contribution in [1.82, 2.24) is 15.1 Å². The summed E-state index contributed by atoms with van der Waals surface area (Å²) in [5.74, 6) is 1.45. The number of amides is 3. The predicted molar refractivity (Wildman–Crippen MR) is 143 cm³/mol. The minimum atomic E-state index is -0.286. The Balaban J connectivity index is 1.83. The second kappa shape index (κ2) is 13.3. The van der Waals surface area contributed by atoms with E-state index < -0.39 is 0 Å². The lowest BCUT2D eigenvalue weighted by Gasteiger charge is -2.35. The average molecular weight is 503 g/mol. The van der Waals surface area contributed by atoms with Gasteiger partial charge in [0.2, 0.25) is 5.91 Å². The summed E-state index contributed by atoms with van der Waals surface area (Å²) in [4.78, 5) is 29.7. The van der Waals surface area contributed by atoms with E-state index in [-0.39, 0.29) is 49.1 Å². The highest BCUT2D eigenvalue weighted by molar-refractivity contribution is 5.90. The van der Waals surface area contributed by atoms with E-state index in [0.29, 0.717) is 18.0 Å². The van der Waals surface area contributed by atoms with Crippen LogP contribution in [0.4, 0.5) is 10.5 Å². The van der Waals surface area contributed by atoms with Gasteiger partial charge in [0.15, 0.2) is 0 Å². The average Bonchev–Trinajstić information content (AvgIpc) is 2.86. The van der Waals surface area contributed by atoms with Crippen LogP contribution in [0.15, 0.2) is 18.2 Å². The van der Waals surface area contributed by atoms with Gasteiger partial charge < -0.3 is 30.3 Å². The van der Waals surface area contributed by atoms with E-state index in [9.17, 15) is 14.7 Å². The van der Waals surface area contributed by atoms with Gasteiger partial charge in [0.25, 0.3) is 0 Å². The summed E-state index contributed by atoms with van der Waals surface area (Å²) in [6.07, 6.45) is 6.63. The maximum Gasteiger partial charge on any atom is 0.319 e. The molecular weight excluding hydrogens is 456 g/mol. The zero-order valence-electron chi connectivity index (χ0n) is 22.8. The van der Waals surface area contributed by atoms with Crippen LogP contribution in [0.3, 0.4) is 0 Å². The summed E-state index contributed by atoms with van der Waals surface area (Å²) >= 11 is 0. The van der Waals surface area contributed by atoms with E-state index >= 15 is 0 Å². The lowest BCUT2D eigenvalue weighted by atomic mass is 9.89. The van der Waals surface area contributed by atoms with E-state index in [1.54, 1.807) is 4.90 Å². The zero-order valence-corrected chi connectivity index (χ0v) is 22.8. The first kappa shape index (κ1) is 28.3. The monoisotopic (exact) mass is 502 g/mol. The fourth-order valence-electron chi connectivity index (χ4n) is 5.35. The molecule has 0 aromatic heterocycles. The molecule has 0 spiro atoms. The highest BCUT2D eigenvalue weighted by Crippen LogP contribution is 2.30. The van der Waals surface area contributed by atoms with Gasteiger partial charge in [0.1, 0.15) is 11.9 Å². The number of anilines is 1.